The van der Waals surface area contributed by atoms with Gasteiger partial charge in [-0.15, -0.1) is 0 Å². The largest absolute Gasteiger partial charge is 0.445 e. The number of ketones is 1. The summed E-state index contributed by atoms with van der Waals surface area (Å²) in [5, 5.41) is 7.95. The number of hydrogen-bond donors (Lipinski definition) is 3. The first-order chi connectivity index (χ1) is 20.6. The summed E-state index contributed by atoms with van der Waals surface area (Å²) < 4.78 is 5.25. The molecular formula is C35H43N3O5. The van der Waals surface area contributed by atoms with Gasteiger partial charge in [0.1, 0.15) is 12.6 Å². The summed E-state index contributed by atoms with van der Waals surface area (Å²) in [4.78, 5) is 51.0. The highest BCUT2D eigenvalue weighted by molar-refractivity contribution is 5.93. The second-order valence-electron chi connectivity index (χ2n) is 11.5. The van der Waals surface area contributed by atoms with Crippen LogP contribution >= 0.6 is 0 Å². The lowest BCUT2D eigenvalue weighted by Gasteiger charge is -2.20. The quantitative estimate of drug-likeness (QED) is 0.214. The first kappa shape index (κ1) is 33.0. The predicted molar refractivity (Wildman–Crippen MR) is 168 cm³/mol. The fourth-order valence-corrected chi connectivity index (χ4v) is 4.69. The zero-order valence-corrected chi connectivity index (χ0v) is 25.5. The van der Waals surface area contributed by atoms with Crippen molar-refractivity contribution in [2.24, 2.45) is 11.8 Å². The maximum absolute atomic E-state index is 13.2. The lowest BCUT2D eigenvalue weighted by molar-refractivity contribution is -0.128. The Balaban J connectivity index is 1.51. The Bertz CT molecular complexity index is 1320. The number of benzene rings is 3. The van der Waals surface area contributed by atoms with Gasteiger partial charge in [0.15, 0.2) is 5.78 Å². The SMILES string of the molecule is CC(C)CC(C(=O)NCC(=O)CNC(=O)[C@H](CC(C)C)NC(=O)OCc1ccccc1)c1ccc(-c2ccccc2)cc1. The molecule has 2 atom stereocenters. The molecular weight excluding hydrogens is 542 g/mol. The Labute approximate surface area is 254 Å². The van der Waals surface area contributed by atoms with Crippen LogP contribution in [0.2, 0.25) is 0 Å². The molecule has 8 heteroatoms. The highest BCUT2D eigenvalue weighted by atomic mass is 16.5. The van der Waals surface area contributed by atoms with Crippen molar-refractivity contribution in [3.63, 3.8) is 0 Å². The zero-order chi connectivity index (χ0) is 31.2. The lowest BCUT2D eigenvalue weighted by Crippen LogP contribution is -2.49. The minimum Gasteiger partial charge on any atom is -0.445 e. The Kier molecular flexibility index (Phi) is 12.9. The van der Waals surface area contributed by atoms with E-state index in [9.17, 15) is 19.2 Å². The minimum atomic E-state index is -0.861. The van der Waals surface area contributed by atoms with E-state index in [0.29, 0.717) is 12.8 Å². The van der Waals surface area contributed by atoms with Crippen LogP contribution in [-0.2, 0) is 25.7 Å². The molecule has 0 aliphatic carbocycles. The third-order valence-corrected chi connectivity index (χ3v) is 6.89. The van der Waals surface area contributed by atoms with Crippen molar-refractivity contribution >= 4 is 23.7 Å². The Hall–Kier alpha value is -4.46. The molecule has 3 N–H and O–H groups in total. The van der Waals surface area contributed by atoms with Gasteiger partial charge in [-0.25, -0.2) is 4.79 Å². The van der Waals surface area contributed by atoms with Crippen molar-refractivity contribution in [2.75, 3.05) is 13.1 Å². The van der Waals surface area contributed by atoms with Gasteiger partial charge in [-0.05, 0) is 46.9 Å². The molecule has 0 saturated carbocycles. The molecule has 0 heterocycles. The summed E-state index contributed by atoms with van der Waals surface area (Å²) in [5.74, 6) is -1.10. The number of amides is 3. The second-order valence-corrected chi connectivity index (χ2v) is 11.5. The van der Waals surface area contributed by atoms with Gasteiger partial charge in [0.05, 0.1) is 19.0 Å². The molecule has 0 bridgehead atoms. The van der Waals surface area contributed by atoms with Gasteiger partial charge in [-0.3, -0.25) is 14.4 Å². The number of nitrogens with one attached hydrogen (secondary N) is 3. The minimum absolute atomic E-state index is 0.0792. The summed E-state index contributed by atoms with van der Waals surface area (Å²) in [6.07, 6.45) is 0.290. The van der Waals surface area contributed by atoms with Crippen LogP contribution in [0.25, 0.3) is 11.1 Å². The third-order valence-electron chi connectivity index (χ3n) is 6.89. The normalized spacial score (nSPS) is 12.3. The third kappa shape index (κ3) is 11.4. The van der Waals surface area contributed by atoms with Gasteiger partial charge in [0, 0.05) is 0 Å². The Morgan fingerprint density at radius 1 is 0.651 bits per heavy atom. The van der Waals surface area contributed by atoms with E-state index in [0.717, 1.165) is 22.3 Å². The average Bonchev–Trinajstić information content (AvgIpc) is 3.00. The van der Waals surface area contributed by atoms with E-state index in [1.165, 1.54) is 0 Å². The molecule has 0 aliphatic heterocycles. The summed E-state index contributed by atoms with van der Waals surface area (Å²) in [5.41, 5.74) is 3.87. The van der Waals surface area contributed by atoms with Crippen LogP contribution in [0.4, 0.5) is 4.79 Å². The molecule has 3 amide bonds. The standard InChI is InChI=1S/C35H43N3O5/c1-24(2)19-31(29-17-15-28(16-18-29)27-13-9-6-10-14-27)33(40)36-21-30(39)22-37-34(41)32(20-25(3)4)38-35(42)43-23-26-11-7-5-8-12-26/h5-18,24-25,31-32H,19-23H2,1-4H3,(H,36,40)(H,37,41)(H,38,42)/t31?,32-/m0/s1. The van der Waals surface area contributed by atoms with E-state index in [2.05, 4.69) is 29.8 Å². The van der Waals surface area contributed by atoms with E-state index in [-0.39, 0.29) is 43.2 Å². The van der Waals surface area contributed by atoms with Crippen LogP contribution in [0.1, 0.15) is 57.6 Å². The molecule has 0 aromatic heterocycles. The number of hydrogen-bond acceptors (Lipinski definition) is 5. The van der Waals surface area contributed by atoms with Crippen molar-refractivity contribution in [3.05, 3.63) is 96.1 Å². The van der Waals surface area contributed by atoms with Crippen LogP contribution < -0.4 is 16.0 Å². The van der Waals surface area contributed by atoms with Gasteiger partial charge in [-0.1, -0.05) is 113 Å². The predicted octanol–water partition coefficient (Wildman–Crippen LogP) is 5.63. The smallest absolute Gasteiger partial charge is 0.408 e. The number of carbonyl (C=O) groups excluding carboxylic acids is 4. The lowest BCUT2D eigenvalue weighted by atomic mass is 9.88. The monoisotopic (exact) mass is 585 g/mol. The van der Waals surface area contributed by atoms with Gasteiger partial charge in [-0.2, -0.15) is 0 Å². The number of rotatable bonds is 15. The van der Waals surface area contributed by atoms with Gasteiger partial charge >= 0.3 is 6.09 Å². The molecule has 8 nitrogen and oxygen atoms in total. The summed E-state index contributed by atoms with van der Waals surface area (Å²) in [6.45, 7) is 7.57. The van der Waals surface area contributed by atoms with Crippen molar-refractivity contribution in [2.45, 2.75) is 59.1 Å². The van der Waals surface area contributed by atoms with Crippen LogP contribution in [0.5, 0.6) is 0 Å². The summed E-state index contributed by atoms with van der Waals surface area (Å²) in [6, 6.07) is 26.3. The van der Waals surface area contributed by atoms with Crippen molar-refractivity contribution in [3.8, 4) is 11.1 Å². The first-order valence-electron chi connectivity index (χ1n) is 14.8. The molecule has 0 saturated heterocycles. The average molecular weight is 586 g/mol. The van der Waals surface area contributed by atoms with Crippen LogP contribution in [0.15, 0.2) is 84.9 Å². The second kappa shape index (κ2) is 16.9. The van der Waals surface area contributed by atoms with Gasteiger partial charge in [0.25, 0.3) is 0 Å². The maximum atomic E-state index is 13.2. The number of carbonyl (C=O) groups is 4. The topological polar surface area (TPSA) is 114 Å². The summed E-state index contributed by atoms with van der Waals surface area (Å²) in [7, 11) is 0. The van der Waals surface area contributed by atoms with Crippen molar-refractivity contribution in [1.82, 2.24) is 16.0 Å². The zero-order valence-electron chi connectivity index (χ0n) is 25.5. The molecule has 3 aromatic rings. The number of alkyl carbamates (subject to hydrolysis) is 1. The van der Waals surface area contributed by atoms with Crippen LogP contribution in [0.3, 0.4) is 0 Å². The molecule has 0 spiro atoms. The molecule has 0 aliphatic rings. The molecule has 1 unspecified atom stereocenters. The molecule has 0 radical (unpaired) electrons. The fraction of sp³-hybridized carbons (Fsp3) is 0.371. The highest BCUT2D eigenvalue weighted by Gasteiger charge is 2.25. The molecule has 228 valence electrons. The number of Topliss-reactive ketones (excluding diaryl/α,β-unsaturated/α-hetero) is 1. The molecule has 43 heavy (non-hydrogen) atoms. The van der Waals surface area contributed by atoms with Gasteiger partial charge < -0.3 is 20.7 Å². The highest BCUT2D eigenvalue weighted by Crippen LogP contribution is 2.27. The molecule has 3 aromatic carbocycles. The van der Waals surface area contributed by atoms with Crippen molar-refractivity contribution in [1.29, 1.82) is 0 Å². The fourth-order valence-electron chi connectivity index (χ4n) is 4.69. The Morgan fingerprint density at radius 3 is 1.77 bits per heavy atom. The first-order valence-corrected chi connectivity index (χ1v) is 14.8. The van der Waals surface area contributed by atoms with Gasteiger partial charge in [0.2, 0.25) is 11.8 Å². The summed E-state index contributed by atoms with van der Waals surface area (Å²) >= 11 is 0. The van der Waals surface area contributed by atoms with Crippen molar-refractivity contribution < 1.29 is 23.9 Å². The molecule has 0 fully saturated rings. The van der Waals surface area contributed by atoms with Crippen LogP contribution in [0, 0.1) is 11.8 Å². The van der Waals surface area contributed by atoms with E-state index < -0.39 is 24.0 Å². The maximum Gasteiger partial charge on any atom is 0.408 e. The van der Waals surface area contributed by atoms with E-state index in [4.69, 9.17) is 4.74 Å². The number of ether oxygens (including phenoxy) is 1. The van der Waals surface area contributed by atoms with E-state index >= 15 is 0 Å². The molecule has 3 rings (SSSR count). The van der Waals surface area contributed by atoms with E-state index in [1.54, 1.807) is 0 Å². The van der Waals surface area contributed by atoms with Crippen LogP contribution in [-0.4, -0.2) is 42.8 Å². The van der Waals surface area contributed by atoms with E-state index in [1.807, 2.05) is 98.8 Å². The Morgan fingerprint density at radius 2 is 1.19 bits per heavy atom.